The Morgan fingerprint density at radius 2 is 1.58 bits per heavy atom. The molecule has 1 aromatic rings. The first kappa shape index (κ1) is 24.4. The van der Waals surface area contributed by atoms with Crippen LogP contribution in [0.15, 0.2) is 12.4 Å². The quantitative estimate of drug-likeness (QED) is 0.699. The second-order valence-electron chi connectivity index (χ2n) is 10.5. The van der Waals surface area contributed by atoms with Gasteiger partial charge < -0.3 is 10.2 Å². The zero-order valence-corrected chi connectivity index (χ0v) is 20.5. The third-order valence-electron chi connectivity index (χ3n) is 7.56. The average Bonchev–Trinajstić information content (AvgIpc) is 3.31. The first-order chi connectivity index (χ1) is 15.0. The van der Waals surface area contributed by atoms with Gasteiger partial charge in [0.05, 0.1) is 12.2 Å². The van der Waals surface area contributed by atoms with Gasteiger partial charge in [0.25, 0.3) is 0 Å². The number of carbonyl (C=O) groups excluding carboxylic acids is 1. The molecule has 0 aromatic carbocycles. The van der Waals surface area contributed by atoms with Crippen molar-refractivity contribution in [2.75, 3.05) is 26.2 Å². The fourth-order valence-electron chi connectivity index (χ4n) is 5.40. The molecule has 5 nitrogen and oxygen atoms in total. The largest absolute Gasteiger partial charge is 0.317 e. The molecule has 3 heterocycles. The van der Waals surface area contributed by atoms with E-state index in [2.05, 4.69) is 40.0 Å². The molecular formula is C26H46N4O. The van der Waals surface area contributed by atoms with Crippen LogP contribution < -0.4 is 5.32 Å². The molecule has 3 aliphatic rings. The zero-order valence-electron chi connectivity index (χ0n) is 20.5. The van der Waals surface area contributed by atoms with E-state index in [-0.39, 0.29) is 5.92 Å². The summed E-state index contributed by atoms with van der Waals surface area (Å²) in [5.41, 5.74) is 1.37. The molecule has 0 atom stereocenters. The van der Waals surface area contributed by atoms with Crippen LogP contribution in [-0.2, 0) is 4.79 Å². The Hall–Kier alpha value is -1.20. The maximum atomic E-state index is 11.5. The monoisotopic (exact) mass is 430 g/mol. The topological polar surface area (TPSA) is 50.2 Å². The Balaban J connectivity index is 0.000000210. The lowest BCUT2D eigenvalue weighted by Gasteiger charge is -2.39. The van der Waals surface area contributed by atoms with Gasteiger partial charge in [-0.3, -0.25) is 9.48 Å². The molecule has 5 heteroatoms. The molecular weight excluding hydrogens is 384 g/mol. The van der Waals surface area contributed by atoms with Gasteiger partial charge in [0, 0.05) is 37.2 Å². The molecule has 0 radical (unpaired) electrons. The van der Waals surface area contributed by atoms with Crippen LogP contribution >= 0.6 is 0 Å². The molecule has 1 aliphatic carbocycles. The minimum absolute atomic E-state index is 0.248. The first-order valence-electron chi connectivity index (χ1n) is 13.0. The predicted molar refractivity (Wildman–Crippen MR) is 128 cm³/mol. The normalized spacial score (nSPS) is 22.5. The summed E-state index contributed by atoms with van der Waals surface area (Å²) in [6.07, 6.45) is 15.6. The van der Waals surface area contributed by atoms with Gasteiger partial charge in [-0.05, 0) is 63.1 Å². The van der Waals surface area contributed by atoms with Crippen molar-refractivity contribution in [3.05, 3.63) is 18.0 Å². The highest BCUT2D eigenvalue weighted by molar-refractivity contribution is 5.82. The van der Waals surface area contributed by atoms with Gasteiger partial charge in [-0.2, -0.15) is 5.10 Å². The summed E-state index contributed by atoms with van der Waals surface area (Å²) in [5.74, 6) is 1.73. The third-order valence-corrected chi connectivity index (χ3v) is 7.56. The average molecular weight is 431 g/mol. The van der Waals surface area contributed by atoms with Crippen LogP contribution in [0.1, 0.15) is 103 Å². The van der Waals surface area contributed by atoms with E-state index in [0.29, 0.717) is 23.7 Å². The summed E-state index contributed by atoms with van der Waals surface area (Å²) in [6, 6.07) is 1.43. The minimum Gasteiger partial charge on any atom is -0.317 e. The Labute approximate surface area is 190 Å². The number of piperidine rings is 2. The van der Waals surface area contributed by atoms with Crippen molar-refractivity contribution in [1.29, 1.82) is 0 Å². The molecule has 3 fully saturated rings. The van der Waals surface area contributed by atoms with Crippen LogP contribution in [0.3, 0.4) is 0 Å². The highest BCUT2D eigenvalue weighted by Crippen LogP contribution is 2.27. The van der Waals surface area contributed by atoms with Crippen LogP contribution in [0, 0.1) is 11.8 Å². The van der Waals surface area contributed by atoms with Crippen molar-refractivity contribution in [2.45, 2.75) is 103 Å². The first-order valence-corrected chi connectivity index (χ1v) is 13.0. The van der Waals surface area contributed by atoms with Gasteiger partial charge in [-0.25, -0.2) is 0 Å². The number of carbonyl (C=O) groups is 1. The molecule has 1 saturated carbocycles. The standard InChI is InChI=1S/C16H28N4.C10H18O/c1-13(2)14-11-18-20(12-14)16-5-9-19(10-6-16)15-3-7-17-8-4-15;1-8(2)10(11)9-6-4-3-5-7-9/h11-13,15-17H,3-10H2,1-2H3;8-9H,3-7H2,1-2H3. The minimum atomic E-state index is 0.248. The second-order valence-corrected chi connectivity index (χ2v) is 10.5. The van der Waals surface area contributed by atoms with E-state index >= 15 is 0 Å². The highest BCUT2D eigenvalue weighted by atomic mass is 16.1. The van der Waals surface area contributed by atoms with Crippen molar-refractivity contribution in [3.63, 3.8) is 0 Å². The van der Waals surface area contributed by atoms with Gasteiger partial charge in [-0.1, -0.05) is 47.0 Å². The van der Waals surface area contributed by atoms with E-state index < -0.39 is 0 Å². The van der Waals surface area contributed by atoms with Crippen molar-refractivity contribution in [2.24, 2.45) is 11.8 Å². The summed E-state index contributed by atoms with van der Waals surface area (Å²) in [4.78, 5) is 14.2. The van der Waals surface area contributed by atoms with Crippen molar-refractivity contribution < 1.29 is 4.79 Å². The number of nitrogens with one attached hydrogen (secondary N) is 1. The summed E-state index contributed by atoms with van der Waals surface area (Å²) in [5, 5.41) is 8.05. The number of ketones is 1. The summed E-state index contributed by atoms with van der Waals surface area (Å²) in [6.45, 7) is 13.4. The third kappa shape index (κ3) is 7.15. The maximum absolute atomic E-state index is 11.5. The Bertz CT molecular complexity index is 648. The molecule has 1 N–H and O–H groups in total. The van der Waals surface area contributed by atoms with Gasteiger partial charge in [0.15, 0.2) is 0 Å². The van der Waals surface area contributed by atoms with Gasteiger partial charge in [0.2, 0.25) is 0 Å². The number of nitrogens with zero attached hydrogens (tertiary/aromatic N) is 3. The Kier molecular flexibility index (Phi) is 9.58. The van der Waals surface area contributed by atoms with E-state index in [1.165, 1.54) is 76.7 Å². The molecule has 0 amide bonds. The number of aromatic nitrogens is 2. The molecule has 4 rings (SSSR count). The number of hydrogen-bond donors (Lipinski definition) is 1. The summed E-state index contributed by atoms with van der Waals surface area (Å²) in [7, 11) is 0. The van der Waals surface area contributed by atoms with E-state index in [4.69, 9.17) is 0 Å². The maximum Gasteiger partial charge on any atom is 0.138 e. The molecule has 176 valence electrons. The summed E-state index contributed by atoms with van der Waals surface area (Å²) >= 11 is 0. The van der Waals surface area contributed by atoms with Gasteiger partial charge in [0.1, 0.15) is 5.78 Å². The van der Waals surface area contributed by atoms with Crippen molar-refractivity contribution >= 4 is 5.78 Å². The molecule has 1 aromatic heterocycles. The number of hydrogen-bond acceptors (Lipinski definition) is 4. The van der Waals surface area contributed by atoms with Gasteiger partial charge in [-0.15, -0.1) is 0 Å². The lowest BCUT2D eigenvalue weighted by atomic mass is 9.83. The van der Waals surface area contributed by atoms with E-state index in [9.17, 15) is 4.79 Å². The van der Waals surface area contributed by atoms with Crippen LogP contribution in [0.2, 0.25) is 0 Å². The van der Waals surface area contributed by atoms with Crippen LogP contribution in [0.5, 0.6) is 0 Å². The highest BCUT2D eigenvalue weighted by Gasteiger charge is 2.27. The SMILES string of the molecule is CC(C)C(=O)C1CCCCC1.CC(C)c1cnn(C2CCN(C3CCNCC3)CC2)c1. The van der Waals surface area contributed by atoms with Gasteiger partial charge >= 0.3 is 0 Å². The molecule has 31 heavy (non-hydrogen) atoms. The number of rotatable bonds is 5. The molecule has 0 unspecified atom stereocenters. The van der Waals surface area contributed by atoms with Crippen molar-refractivity contribution in [3.8, 4) is 0 Å². The summed E-state index contributed by atoms with van der Waals surface area (Å²) < 4.78 is 2.22. The second kappa shape index (κ2) is 12.2. The van der Waals surface area contributed by atoms with Crippen LogP contribution in [0.4, 0.5) is 0 Å². The van der Waals surface area contributed by atoms with Crippen LogP contribution in [-0.4, -0.2) is 52.7 Å². The van der Waals surface area contributed by atoms with E-state index in [0.717, 1.165) is 18.9 Å². The molecule has 2 saturated heterocycles. The Morgan fingerprint density at radius 1 is 0.935 bits per heavy atom. The lowest BCUT2D eigenvalue weighted by Crippen LogP contribution is -2.46. The fraction of sp³-hybridized carbons (Fsp3) is 0.846. The molecule has 0 bridgehead atoms. The fourth-order valence-corrected chi connectivity index (χ4v) is 5.40. The lowest BCUT2D eigenvalue weighted by molar-refractivity contribution is -0.126. The smallest absolute Gasteiger partial charge is 0.138 e. The molecule has 2 aliphatic heterocycles. The predicted octanol–water partition coefficient (Wildman–Crippen LogP) is 5.19. The zero-order chi connectivity index (χ0) is 22.2. The van der Waals surface area contributed by atoms with E-state index in [1.807, 2.05) is 20.0 Å². The van der Waals surface area contributed by atoms with Crippen molar-refractivity contribution in [1.82, 2.24) is 20.0 Å². The van der Waals surface area contributed by atoms with E-state index in [1.54, 1.807) is 0 Å². The number of likely N-dealkylation sites (tertiary alicyclic amines) is 1. The van der Waals surface area contributed by atoms with Crippen LogP contribution in [0.25, 0.3) is 0 Å². The number of Topliss-reactive ketones (excluding diaryl/α,β-unsaturated/α-hetero) is 1. The molecule has 0 spiro atoms. The Morgan fingerprint density at radius 3 is 2.13 bits per heavy atom.